The highest BCUT2D eigenvalue weighted by atomic mass is 35.5. The summed E-state index contributed by atoms with van der Waals surface area (Å²) >= 11 is 7.50. The molecule has 60 heavy (non-hydrogen) atoms. The monoisotopic (exact) mass is 907 g/mol. The van der Waals surface area contributed by atoms with Crippen molar-refractivity contribution in [2.24, 2.45) is 0 Å². The Labute approximate surface area is 359 Å². The van der Waals surface area contributed by atoms with E-state index in [1.54, 1.807) is 12.1 Å². The molecule has 4 aromatic carbocycles. The zero-order valence-electron chi connectivity index (χ0n) is 33.4. The Morgan fingerprint density at radius 1 is 0.933 bits per heavy atom. The topological polar surface area (TPSA) is 146 Å². The van der Waals surface area contributed by atoms with Crippen molar-refractivity contribution in [1.82, 2.24) is 14.9 Å². The van der Waals surface area contributed by atoms with Crippen LogP contribution in [0.4, 0.5) is 24.5 Å². The lowest BCUT2D eigenvalue weighted by atomic mass is 9.96. The summed E-state index contributed by atoms with van der Waals surface area (Å²) in [6.07, 6.45) is 1.23. The molecule has 5 rings (SSSR count). The van der Waals surface area contributed by atoms with E-state index in [1.807, 2.05) is 85.1 Å². The number of ether oxygens (including phenoxy) is 1. The molecule has 0 fully saturated rings. The highest BCUT2D eigenvalue weighted by molar-refractivity contribution is 7.99. The summed E-state index contributed by atoms with van der Waals surface area (Å²) in [4.78, 5) is 13.9. The SMILES string of the molecule is CC(C)N(C)CC[C@H](CSc1ccccc1)Nc1ccc(S(=O)(=O)NC(=O)c2ccc(NCCNCC3=C(c4ccc(Cl)cc4)CCOC3)cc2)cc1S(=O)(=O)C(F)(F)F. The molecule has 1 amide bonds. The van der Waals surface area contributed by atoms with Crippen molar-refractivity contribution in [2.45, 2.75) is 59.0 Å². The van der Waals surface area contributed by atoms with E-state index in [9.17, 15) is 34.8 Å². The summed E-state index contributed by atoms with van der Waals surface area (Å²) in [5, 5.41) is 10.3. The minimum absolute atomic E-state index is 0.0484. The molecule has 18 heteroatoms. The highest BCUT2D eigenvalue weighted by Crippen LogP contribution is 2.37. The van der Waals surface area contributed by atoms with Gasteiger partial charge in [0.1, 0.15) is 4.90 Å². The van der Waals surface area contributed by atoms with Gasteiger partial charge in [-0.25, -0.2) is 21.6 Å². The van der Waals surface area contributed by atoms with Crippen molar-refractivity contribution in [3.05, 3.63) is 119 Å². The van der Waals surface area contributed by atoms with Gasteiger partial charge in [-0.3, -0.25) is 4.79 Å². The number of sulfone groups is 1. The number of hydrogen-bond acceptors (Lipinski definition) is 11. The number of halogens is 4. The predicted octanol–water partition coefficient (Wildman–Crippen LogP) is 7.93. The molecule has 4 N–H and O–H groups in total. The second kappa shape index (κ2) is 21.1. The summed E-state index contributed by atoms with van der Waals surface area (Å²) in [5.41, 5.74) is -2.05. The van der Waals surface area contributed by atoms with Crippen molar-refractivity contribution in [3.8, 4) is 0 Å². The van der Waals surface area contributed by atoms with Crippen LogP contribution in [0.5, 0.6) is 0 Å². The Bertz CT molecular complexity index is 2320. The summed E-state index contributed by atoms with van der Waals surface area (Å²) in [5.74, 6) is -0.693. The smallest absolute Gasteiger partial charge is 0.384 e. The number of benzene rings is 4. The van der Waals surface area contributed by atoms with E-state index < -0.39 is 52.8 Å². The van der Waals surface area contributed by atoms with Crippen molar-refractivity contribution in [1.29, 1.82) is 0 Å². The van der Waals surface area contributed by atoms with E-state index in [4.69, 9.17) is 16.3 Å². The molecule has 0 saturated heterocycles. The molecule has 0 radical (unpaired) electrons. The molecule has 0 aromatic heterocycles. The quantitative estimate of drug-likeness (QED) is 0.0507. The lowest BCUT2D eigenvalue weighted by molar-refractivity contribution is -0.0435. The molecule has 324 valence electrons. The third-order valence-electron chi connectivity index (χ3n) is 9.86. The van der Waals surface area contributed by atoms with Crippen LogP contribution < -0.4 is 20.7 Å². The number of thioether (sulfide) groups is 1. The number of carbonyl (C=O) groups excluding carboxylic acids is 1. The molecule has 0 saturated carbocycles. The number of hydrogen-bond donors (Lipinski definition) is 4. The van der Waals surface area contributed by atoms with Gasteiger partial charge < -0.3 is 25.6 Å². The average molecular weight is 909 g/mol. The van der Waals surface area contributed by atoms with Crippen LogP contribution in [0.15, 0.2) is 117 Å². The fourth-order valence-electron chi connectivity index (χ4n) is 6.19. The van der Waals surface area contributed by atoms with E-state index >= 15 is 0 Å². The standard InChI is InChI=1S/C42H49ClF3N5O6S3/c1-29(2)51(3)23-19-35(28-58-36-7-5-4-6-8-36)49-39-18-17-37(25-40(39)59(53,54)42(44,45)46)60(55,56)50-41(52)31-11-15-34(16-12-31)48-22-21-47-26-32-27-57-24-20-38(32)30-9-13-33(43)14-10-30/h4-18,25,29,35,47-49H,19-24,26-28H2,1-3H3,(H,50,52)/t35-/m1/s1. The van der Waals surface area contributed by atoms with Gasteiger partial charge in [0.15, 0.2) is 0 Å². The van der Waals surface area contributed by atoms with E-state index in [0.29, 0.717) is 68.3 Å². The predicted molar refractivity (Wildman–Crippen MR) is 233 cm³/mol. The Morgan fingerprint density at radius 3 is 2.30 bits per heavy atom. The molecule has 1 atom stereocenters. The second-order valence-corrected chi connectivity index (χ2v) is 19.6. The first-order chi connectivity index (χ1) is 28.4. The van der Waals surface area contributed by atoms with Gasteiger partial charge >= 0.3 is 5.51 Å². The fraction of sp³-hybridized carbons (Fsp3) is 0.357. The molecule has 4 aromatic rings. The molecule has 0 aliphatic carbocycles. The number of carbonyl (C=O) groups is 1. The maximum Gasteiger partial charge on any atom is 0.501 e. The third kappa shape index (κ3) is 13.0. The molecule has 1 aliphatic rings. The molecular weight excluding hydrogens is 859 g/mol. The molecule has 1 heterocycles. The zero-order chi connectivity index (χ0) is 43.5. The lowest BCUT2D eigenvalue weighted by Crippen LogP contribution is -2.34. The Hall–Kier alpha value is -4.10. The van der Waals surface area contributed by atoms with Gasteiger partial charge in [-0.2, -0.15) is 13.2 Å². The molecule has 0 unspecified atom stereocenters. The van der Waals surface area contributed by atoms with E-state index in [0.717, 1.165) is 34.6 Å². The third-order valence-corrected chi connectivity index (χ3v) is 14.1. The Balaban J connectivity index is 1.24. The molecule has 1 aliphatic heterocycles. The van der Waals surface area contributed by atoms with Crippen LogP contribution in [0.1, 0.15) is 42.6 Å². The minimum Gasteiger partial charge on any atom is -0.384 e. The van der Waals surface area contributed by atoms with E-state index in [-0.39, 0.29) is 11.6 Å². The van der Waals surface area contributed by atoms with Crippen molar-refractivity contribution in [3.63, 3.8) is 0 Å². The Kier molecular flexibility index (Phi) is 16.5. The van der Waals surface area contributed by atoms with Gasteiger partial charge in [-0.05, 0) is 117 Å². The van der Waals surface area contributed by atoms with Crippen LogP contribution in [-0.4, -0.2) is 97.4 Å². The van der Waals surface area contributed by atoms with Gasteiger partial charge in [0, 0.05) is 65.2 Å². The maximum absolute atomic E-state index is 14.1. The van der Waals surface area contributed by atoms with Crippen LogP contribution in [-0.2, 0) is 24.6 Å². The van der Waals surface area contributed by atoms with Crippen LogP contribution in [0.3, 0.4) is 0 Å². The number of alkyl halides is 3. The second-order valence-electron chi connectivity index (χ2n) is 14.4. The largest absolute Gasteiger partial charge is 0.501 e. The van der Waals surface area contributed by atoms with Gasteiger partial charge in [0.25, 0.3) is 25.8 Å². The molecular formula is C42H49ClF3N5O6S3. The van der Waals surface area contributed by atoms with Gasteiger partial charge in [0.2, 0.25) is 0 Å². The number of nitrogens with zero attached hydrogens (tertiary/aromatic N) is 1. The normalized spacial score (nSPS) is 14.3. The van der Waals surface area contributed by atoms with Crippen molar-refractivity contribution >= 4 is 66.1 Å². The van der Waals surface area contributed by atoms with Crippen LogP contribution >= 0.6 is 23.4 Å². The first-order valence-electron chi connectivity index (χ1n) is 19.2. The molecule has 0 bridgehead atoms. The fourth-order valence-corrected chi connectivity index (χ4v) is 9.33. The first kappa shape index (κ1) is 47.0. The molecule has 0 spiro atoms. The van der Waals surface area contributed by atoms with Gasteiger partial charge in [-0.1, -0.05) is 41.9 Å². The summed E-state index contributed by atoms with van der Waals surface area (Å²) < 4.78 is 102. The van der Waals surface area contributed by atoms with Crippen LogP contribution in [0.2, 0.25) is 5.02 Å². The number of sulfonamides is 1. The maximum atomic E-state index is 14.1. The van der Waals surface area contributed by atoms with Crippen LogP contribution in [0, 0.1) is 0 Å². The van der Waals surface area contributed by atoms with Crippen molar-refractivity contribution in [2.75, 3.05) is 62.8 Å². The number of anilines is 2. The number of nitrogens with one attached hydrogen (secondary N) is 4. The average Bonchev–Trinajstić information content (AvgIpc) is 3.22. The van der Waals surface area contributed by atoms with Crippen molar-refractivity contribution < 1.29 is 39.5 Å². The zero-order valence-corrected chi connectivity index (χ0v) is 36.6. The first-order valence-corrected chi connectivity index (χ1v) is 23.5. The lowest BCUT2D eigenvalue weighted by Gasteiger charge is -2.26. The van der Waals surface area contributed by atoms with Gasteiger partial charge in [0.05, 0.1) is 23.8 Å². The highest BCUT2D eigenvalue weighted by Gasteiger charge is 2.48. The summed E-state index contributed by atoms with van der Waals surface area (Å²) in [6, 6.07) is 25.0. The van der Waals surface area contributed by atoms with E-state index in [1.165, 1.54) is 29.5 Å². The van der Waals surface area contributed by atoms with Gasteiger partial charge in [-0.15, -0.1) is 11.8 Å². The molecule has 11 nitrogen and oxygen atoms in total. The summed E-state index contributed by atoms with van der Waals surface area (Å²) in [7, 11) is -8.98. The summed E-state index contributed by atoms with van der Waals surface area (Å²) in [6.45, 7) is 7.45. The number of amides is 1. The minimum atomic E-state index is -6.05. The number of rotatable bonds is 20. The van der Waals surface area contributed by atoms with Crippen LogP contribution in [0.25, 0.3) is 5.57 Å². The Morgan fingerprint density at radius 2 is 1.63 bits per heavy atom. The van der Waals surface area contributed by atoms with E-state index in [2.05, 4.69) is 16.0 Å².